The lowest BCUT2D eigenvalue weighted by Gasteiger charge is -2.57. The van der Waals surface area contributed by atoms with Crippen molar-refractivity contribution in [1.29, 1.82) is 0 Å². The minimum Gasteiger partial charge on any atom is -0.484 e. The van der Waals surface area contributed by atoms with Gasteiger partial charge in [-0.1, -0.05) is 0 Å². The van der Waals surface area contributed by atoms with E-state index in [4.69, 9.17) is 4.74 Å². The number of rotatable bonds is 7. The van der Waals surface area contributed by atoms with Crippen LogP contribution in [0.15, 0.2) is 24.3 Å². The van der Waals surface area contributed by atoms with Crippen molar-refractivity contribution in [2.24, 2.45) is 23.2 Å². The summed E-state index contributed by atoms with van der Waals surface area (Å²) in [5, 5.41) is 13.6. The summed E-state index contributed by atoms with van der Waals surface area (Å²) in [6.07, 6.45) is 9.47. The van der Waals surface area contributed by atoms with Crippen molar-refractivity contribution in [2.45, 2.75) is 44.9 Å². The molecule has 0 aromatic heterocycles. The number of nitro benzene ring substituents is 1. The lowest BCUT2D eigenvalue weighted by molar-refractivity contribution is -0.384. The lowest BCUT2D eigenvalue weighted by Crippen LogP contribution is -2.47. The minimum absolute atomic E-state index is 0.0115. The van der Waals surface area contributed by atoms with Gasteiger partial charge >= 0.3 is 0 Å². The number of hydrogen-bond acceptors (Lipinski definition) is 4. The second-order valence-corrected chi connectivity index (χ2v) is 8.56. The SMILES string of the molecule is O=C(COc1ccc([N+](=O)[O-])cc1)NCCC12CC3CC(CC(C3)C1)C2. The van der Waals surface area contributed by atoms with Gasteiger partial charge in [-0.25, -0.2) is 0 Å². The highest BCUT2D eigenvalue weighted by molar-refractivity contribution is 5.77. The fourth-order valence-electron chi connectivity index (χ4n) is 5.93. The summed E-state index contributed by atoms with van der Waals surface area (Å²) < 4.78 is 5.41. The Morgan fingerprint density at radius 3 is 2.23 bits per heavy atom. The maximum atomic E-state index is 12.0. The molecule has 26 heavy (non-hydrogen) atoms. The Morgan fingerprint density at radius 2 is 1.69 bits per heavy atom. The van der Waals surface area contributed by atoms with E-state index >= 15 is 0 Å². The second kappa shape index (κ2) is 6.89. The van der Waals surface area contributed by atoms with Crippen molar-refractivity contribution in [1.82, 2.24) is 5.32 Å². The van der Waals surface area contributed by atoms with Crippen molar-refractivity contribution < 1.29 is 14.5 Å². The van der Waals surface area contributed by atoms with Crippen molar-refractivity contribution in [3.63, 3.8) is 0 Å². The third-order valence-electron chi connectivity index (χ3n) is 6.56. The van der Waals surface area contributed by atoms with Crippen LogP contribution in [-0.4, -0.2) is 24.0 Å². The van der Waals surface area contributed by atoms with Gasteiger partial charge in [-0.05, 0) is 80.2 Å². The van der Waals surface area contributed by atoms with Crippen molar-refractivity contribution in [3.05, 3.63) is 34.4 Å². The van der Waals surface area contributed by atoms with Crippen LogP contribution in [0.5, 0.6) is 5.75 Å². The highest BCUT2D eigenvalue weighted by Crippen LogP contribution is 2.61. The highest BCUT2D eigenvalue weighted by atomic mass is 16.6. The zero-order valence-electron chi connectivity index (χ0n) is 15.0. The summed E-state index contributed by atoms with van der Waals surface area (Å²) in [6.45, 7) is 0.660. The molecule has 0 saturated heterocycles. The van der Waals surface area contributed by atoms with E-state index in [1.54, 1.807) is 0 Å². The molecule has 1 N–H and O–H groups in total. The Morgan fingerprint density at radius 1 is 1.12 bits per heavy atom. The van der Waals surface area contributed by atoms with Gasteiger partial charge in [-0.3, -0.25) is 14.9 Å². The van der Waals surface area contributed by atoms with Gasteiger partial charge < -0.3 is 10.1 Å². The summed E-state index contributed by atoms with van der Waals surface area (Å²) >= 11 is 0. The molecular formula is C20H26N2O4. The molecule has 4 bridgehead atoms. The number of nitrogens with zero attached hydrogens (tertiary/aromatic N) is 1. The molecule has 1 aromatic rings. The first-order chi connectivity index (χ1) is 12.5. The minimum atomic E-state index is -0.457. The van der Waals surface area contributed by atoms with E-state index in [0.29, 0.717) is 17.7 Å². The molecule has 6 heteroatoms. The second-order valence-electron chi connectivity index (χ2n) is 8.56. The van der Waals surface area contributed by atoms with Crippen molar-refractivity contribution in [3.8, 4) is 5.75 Å². The van der Waals surface area contributed by atoms with E-state index in [9.17, 15) is 14.9 Å². The molecule has 5 rings (SSSR count). The normalized spacial score (nSPS) is 31.6. The monoisotopic (exact) mass is 358 g/mol. The molecule has 4 aliphatic rings. The molecule has 0 radical (unpaired) electrons. The number of carbonyl (C=O) groups excluding carboxylic acids is 1. The molecule has 140 valence electrons. The molecule has 4 aliphatic carbocycles. The van der Waals surface area contributed by atoms with Gasteiger partial charge in [0.1, 0.15) is 5.75 Å². The van der Waals surface area contributed by atoms with Gasteiger partial charge in [0.05, 0.1) is 4.92 Å². The van der Waals surface area contributed by atoms with Crippen LogP contribution in [0.4, 0.5) is 5.69 Å². The fraction of sp³-hybridized carbons (Fsp3) is 0.650. The van der Waals surface area contributed by atoms with Gasteiger partial charge in [0.25, 0.3) is 11.6 Å². The zero-order chi connectivity index (χ0) is 18.1. The smallest absolute Gasteiger partial charge is 0.269 e. The third-order valence-corrected chi connectivity index (χ3v) is 6.56. The quantitative estimate of drug-likeness (QED) is 0.595. The van der Waals surface area contributed by atoms with E-state index in [-0.39, 0.29) is 18.2 Å². The summed E-state index contributed by atoms with van der Waals surface area (Å²) in [6, 6.07) is 5.78. The Balaban J connectivity index is 1.20. The van der Waals surface area contributed by atoms with Crippen molar-refractivity contribution in [2.75, 3.05) is 13.2 Å². The first kappa shape index (κ1) is 17.3. The average molecular weight is 358 g/mol. The number of nitrogens with one attached hydrogen (secondary N) is 1. The van der Waals surface area contributed by atoms with Gasteiger partial charge in [0.15, 0.2) is 6.61 Å². The van der Waals surface area contributed by atoms with E-state index in [0.717, 1.165) is 24.2 Å². The molecule has 1 aromatic carbocycles. The predicted octanol–water partition coefficient (Wildman–Crippen LogP) is 3.70. The van der Waals surface area contributed by atoms with Crippen LogP contribution < -0.4 is 10.1 Å². The predicted molar refractivity (Wildman–Crippen MR) is 96.8 cm³/mol. The van der Waals surface area contributed by atoms with Gasteiger partial charge in [-0.2, -0.15) is 0 Å². The molecule has 0 unspecified atom stereocenters. The van der Waals surface area contributed by atoms with E-state index in [1.807, 2.05) is 0 Å². The van der Waals surface area contributed by atoms with Gasteiger partial charge in [-0.15, -0.1) is 0 Å². The average Bonchev–Trinajstić information content (AvgIpc) is 2.59. The van der Waals surface area contributed by atoms with Gasteiger partial charge in [0, 0.05) is 18.7 Å². The maximum Gasteiger partial charge on any atom is 0.269 e. The number of amides is 1. The lowest BCUT2D eigenvalue weighted by atomic mass is 9.49. The van der Waals surface area contributed by atoms with Crippen molar-refractivity contribution >= 4 is 11.6 Å². The number of ether oxygens (including phenoxy) is 1. The van der Waals surface area contributed by atoms with E-state index in [2.05, 4.69) is 5.32 Å². The van der Waals surface area contributed by atoms with E-state index in [1.165, 1.54) is 62.8 Å². The van der Waals surface area contributed by atoms with Crippen LogP contribution in [0, 0.1) is 33.3 Å². The zero-order valence-corrected chi connectivity index (χ0v) is 15.0. The van der Waals surface area contributed by atoms with Crippen LogP contribution in [-0.2, 0) is 4.79 Å². The Bertz CT molecular complexity index is 650. The molecule has 0 spiro atoms. The number of carbonyl (C=O) groups is 1. The van der Waals surface area contributed by atoms with Gasteiger partial charge in [0.2, 0.25) is 0 Å². The summed E-state index contributed by atoms with van der Waals surface area (Å²) in [5.74, 6) is 3.13. The Hall–Kier alpha value is -2.11. The van der Waals surface area contributed by atoms with Crippen LogP contribution in [0.1, 0.15) is 44.9 Å². The first-order valence-corrected chi connectivity index (χ1v) is 9.65. The van der Waals surface area contributed by atoms with Crippen LogP contribution in [0.25, 0.3) is 0 Å². The van der Waals surface area contributed by atoms with Crippen LogP contribution in [0.3, 0.4) is 0 Å². The molecule has 0 atom stereocenters. The topological polar surface area (TPSA) is 81.5 Å². The highest BCUT2D eigenvalue weighted by Gasteiger charge is 2.50. The molecule has 4 saturated carbocycles. The fourth-order valence-corrected chi connectivity index (χ4v) is 5.93. The first-order valence-electron chi connectivity index (χ1n) is 9.65. The molecule has 6 nitrogen and oxygen atoms in total. The molecule has 1 amide bonds. The summed E-state index contributed by atoms with van der Waals surface area (Å²) in [5.41, 5.74) is 0.485. The molecule has 0 heterocycles. The largest absolute Gasteiger partial charge is 0.484 e. The Labute approximate surface area is 153 Å². The molecule has 4 fully saturated rings. The maximum absolute atomic E-state index is 12.0. The third kappa shape index (κ3) is 3.69. The van der Waals surface area contributed by atoms with Crippen LogP contribution in [0.2, 0.25) is 0 Å². The number of hydrogen-bond donors (Lipinski definition) is 1. The molecular weight excluding hydrogens is 332 g/mol. The summed E-state index contributed by atoms with van der Waals surface area (Å²) in [7, 11) is 0. The summed E-state index contributed by atoms with van der Waals surface area (Å²) in [4.78, 5) is 22.2. The number of benzene rings is 1. The van der Waals surface area contributed by atoms with Crippen LogP contribution >= 0.6 is 0 Å². The van der Waals surface area contributed by atoms with E-state index < -0.39 is 4.92 Å². The standard InChI is InChI=1S/C20H26N2O4/c23-19(13-26-18-3-1-17(2-4-18)22(24)25)21-6-5-20-10-14-7-15(11-20)9-16(8-14)12-20/h1-4,14-16H,5-13H2,(H,21,23). The Kier molecular flexibility index (Phi) is 4.59. The number of nitro groups is 1. The number of non-ortho nitro benzene ring substituents is 1. The molecule has 0 aliphatic heterocycles.